The molecule has 0 spiro atoms. The van der Waals surface area contributed by atoms with Gasteiger partial charge in [0.05, 0.1) is 11.0 Å². The van der Waals surface area contributed by atoms with Crippen LogP contribution in [0.15, 0.2) is 59.6 Å². The van der Waals surface area contributed by atoms with Gasteiger partial charge in [-0.25, -0.2) is 14.4 Å². The number of fused-ring (bicyclic) bond motifs is 3. The number of hydrogen-bond donors (Lipinski definition) is 0. The van der Waals surface area contributed by atoms with E-state index in [9.17, 15) is 9.18 Å². The summed E-state index contributed by atoms with van der Waals surface area (Å²) < 4.78 is 15.1. The Morgan fingerprint density at radius 2 is 1.79 bits per heavy atom. The molecule has 24 heavy (non-hydrogen) atoms. The van der Waals surface area contributed by atoms with Crippen molar-refractivity contribution in [3.05, 3.63) is 60.4 Å². The number of halogens is 1. The summed E-state index contributed by atoms with van der Waals surface area (Å²) in [5.74, 6) is 0.215. The summed E-state index contributed by atoms with van der Waals surface area (Å²) in [6.45, 7) is 1.51. The van der Waals surface area contributed by atoms with Crippen LogP contribution in [0, 0.1) is 5.82 Å². The number of thioether (sulfide) groups is 1. The average Bonchev–Trinajstić information content (AvgIpc) is 2.96. The second kappa shape index (κ2) is 5.72. The number of carbonyl (C=O) groups excluding carboxylic acids is 1. The van der Waals surface area contributed by atoms with E-state index in [1.807, 2.05) is 34.7 Å². The Bertz CT molecular complexity index is 1070. The predicted octanol–water partition coefficient (Wildman–Crippen LogP) is 4.33. The molecule has 2 aromatic heterocycles. The third-order valence-corrected chi connectivity index (χ3v) is 4.49. The molecule has 0 radical (unpaired) electrons. The Hall–Kier alpha value is -2.73. The van der Waals surface area contributed by atoms with E-state index in [0.717, 1.165) is 28.4 Å². The molecule has 0 N–H and O–H groups in total. The monoisotopic (exact) mass is 337 g/mol. The van der Waals surface area contributed by atoms with Gasteiger partial charge in [0, 0.05) is 12.5 Å². The molecule has 118 valence electrons. The van der Waals surface area contributed by atoms with E-state index in [4.69, 9.17) is 0 Å². The molecule has 0 unspecified atom stereocenters. The lowest BCUT2D eigenvalue weighted by molar-refractivity contribution is -0.109. The number of imidazole rings is 2. The molecule has 4 nitrogen and oxygen atoms in total. The van der Waals surface area contributed by atoms with Gasteiger partial charge in [-0.05, 0) is 48.2 Å². The van der Waals surface area contributed by atoms with Gasteiger partial charge in [0.1, 0.15) is 16.5 Å². The highest BCUT2D eigenvalue weighted by Crippen LogP contribution is 2.34. The third kappa shape index (κ3) is 2.45. The summed E-state index contributed by atoms with van der Waals surface area (Å²) in [5, 5.41) is 0.646. The van der Waals surface area contributed by atoms with Gasteiger partial charge < -0.3 is 0 Å². The molecule has 0 bridgehead atoms. The minimum absolute atomic E-state index is 0.0465. The van der Waals surface area contributed by atoms with Crippen LogP contribution in [0.1, 0.15) is 6.92 Å². The number of carbonyl (C=O) groups is 1. The van der Waals surface area contributed by atoms with Gasteiger partial charge in [-0.3, -0.25) is 9.20 Å². The molecule has 0 saturated carbocycles. The summed E-state index contributed by atoms with van der Waals surface area (Å²) in [4.78, 5) is 20.9. The van der Waals surface area contributed by atoms with E-state index in [2.05, 4.69) is 9.97 Å². The fourth-order valence-electron chi connectivity index (χ4n) is 2.63. The topological polar surface area (TPSA) is 47.3 Å². The van der Waals surface area contributed by atoms with Crippen molar-refractivity contribution in [2.75, 3.05) is 0 Å². The smallest absolute Gasteiger partial charge is 0.236 e. The number of benzene rings is 1. The molecule has 0 aliphatic heterocycles. The molecule has 0 atom stereocenters. The van der Waals surface area contributed by atoms with Crippen LogP contribution in [0.3, 0.4) is 0 Å². The summed E-state index contributed by atoms with van der Waals surface area (Å²) in [6.07, 6.45) is 0. The first-order valence-electron chi connectivity index (χ1n) is 7.35. The fourth-order valence-corrected chi connectivity index (χ4v) is 3.44. The Balaban J connectivity index is 2.05. The van der Waals surface area contributed by atoms with E-state index in [0.29, 0.717) is 16.5 Å². The van der Waals surface area contributed by atoms with Gasteiger partial charge in [0.2, 0.25) is 5.78 Å². The first-order valence-corrected chi connectivity index (χ1v) is 8.17. The van der Waals surface area contributed by atoms with Crippen LogP contribution in [0.4, 0.5) is 4.39 Å². The summed E-state index contributed by atoms with van der Waals surface area (Å²) in [6, 6.07) is 15.7. The lowest BCUT2D eigenvalue weighted by Gasteiger charge is -2.02. The van der Waals surface area contributed by atoms with E-state index in [1.165, 1.54) is 19.1 Å². The highest BCUT2D eigenvalue weighted by atomic mass is 32.2. The van der Waals surface area contributed by atoms with E-state index < -0.39 is 0 Å². The molecule has 0 saturated heterocycles. The SMILES string of the molecule is CC(=O)Sc1c(-c2ccc(F)cc2)nc2nc3cccccc3n12. The maximum atomic E-state index is 13.2. The molecule has 0 aliphatic rings. The van der Waals surface area contributed by atoms with Crippen molar-refractivity contribution in [1.82, 2.24) is 14.4 Å². The number of nitrogens with zero attached hydrogens (tertiary/aromatic N) is 3. The molecule has 2 heterocycles. The molecule has 0 fully saturated rings. The van der Waals surface area contributed by atoms with Gasteiger partial charge in [-0.2, -0.15) is 0 Å². The van der Waals surface area contributed by atoms with Crippen LogP contribution >= 0.6 is 11.8 Å². The van der Waals surface area contributed by atoms with Crippen LogP contribution in [0.25, 0.3) is 28.1 Å². The standard InChI is InChI=1S/C18H12FN3OS/c1-11(23)24-17-16(12-7-9-13(19)10-8-12)21-18-20-14-5-3-2-4-6-15(14)22(17)18/h2-10H,1H3. The second-order valence-corrected chi connectivity index (χ2v) is 6.46. The largest absolute Gasteiger partial charge is 0.287 e. The molecular formula is C18H12FN3OS. The summed E-state index contributed by atoms with van der Waals surface area (Å²) >= 11 is 1.10. The van der Waals surface area contributed by atoms with E-state index in [1.54, 1.807) is 12.1 Å². The fraction of sp³-hybridized carbons (Fsp3) is 0.0556. The Morgan fingerprint density at radius 3 is 2.54 bits per heavy atom. The van der Waals surface area contributed by atoms with Gasteiger partial charge in [-0.1, -0.05) is 18.2 Å². The van der Waals surface area contributed by atoms with E-state index in [-0.39, 0.29) is 10.9 Å². The molecule has 6 heteroatoms. The first kappa shape index (κ1) is 14.8. The van der Waals surface area contributed by atoms with Crippen molar-refractivity contribution in [1.29, 1.82) is 0 Å². The van der Waals surface area contributed by atoms with Gasteiger partial charge >= 0.3 is 0 Å². The maximum Gasteiger partial charge on any atom is 0.236 e. The van der Waals surface area contributed by atoms with Crippen LogP contribution in [-0.2, 0) is 4.79 Å². The normalized spacial score (nSPS) is 11.2. The first-order chi connectivity index (χ1) is 11.6. The molecule has 2 aromatic carbocycles. The van der Waals surface area contributed by atoms with Crippen LogP contribution in [0.5, 0.6) is 0 Å². The van der Waals surface area contributed by atoms with Crippen LogP contribution in [0.2, 0.25) is 0 Å². The molecule has 0 amide bonds. The van der Waals surface area contributed by atoms with Gasteiger partial charge in [0.15, 0.2) is 5.12 Å². The maximum absolute atomic E-state index is 13.2. The quantitative estimate of drug-likeness (QED) is 0.511. The summed E-state index contributed by atoms with van der Waals surface area (Å²) in [5.41, 5.74) is 3.06. The third-order valence-electron chi connectivity index (χ3n) is 3.63. The number of aromatic nitrogens is 3. The predicted molar refractivity (Wildman–Crippen MR) is 92.4 cm³/mol. The minimum Gasteiger partial charge on any atom is -0.287 e. The van der Waals surface area contributed by atoms with Crippen molar-refractivity contribution in [2.45, 2.75) is 11.9 Å². The zero-order valence-electron chi connectivity index (χ0n) is 12.7. The van der Waals surface area contributed by atoms with Crippen molar-refractivity contribution in [3.8, 4) is 11.3 Å². The Labute approximate surface area is 141 Å². The minimum atomic E-state index is -0.312. The average molecular weight is 337 g/mol. The van der Waals surface area contributed by atoms with Crippen LogP contribution in [-0.4, -0.2) is 19.5 Å². The zero-order chi connectivity index (χ0) is 16.7. The molecule has 4 aromatic rings. The lowest BCUT2D eigenvalue weighted by atomic mass is 10.2. The van der Waals surface area contributed by atoms with Gasteiger partial charge in [-0.15, -0.1) is 0 Å². The number of hydrogen-bond acceptors (Lipinski definition) is 4. The second-order valence-electron chi connectivity index (χ2n) is 5.29. The zero-order valence-corrected chi connectivity index (χ0v) is 13.5. The number of rotatable bonds is 2. The molecule has 0 aliphatic carbocycles. The highest BCUT2D eigenvalue weighted by molar-refractivity contribution is 8.13. The van der Waals surface area contributed by atoms with Crippen molar-refractivity contribution >= 4 is 33.7 Å². The van der Waals surface area contributed by atoms with Gasteiger partial charge in [0.25, 0.3) is 0 Å². The highest BCUT2D eigenvalue weighted by Gasteiger charge is 2.20. The van der Waals surface area contributed by atoms with E-state index >= 15 is 0 Å². The summed E-state index contributed by atoms with van der Waals surface area (Å²) in [7, 11) is 0. The van der Waals surface area contributed by atoms with Crippen LogP contribution < -0.4 is 0 Å². The molecular weight excluding hydrogens is 325 g/mol. The lowest BCUT2D eigenvalue weighted by Crippen LogP contribution is -1.90. The molecule has 4 rings (SSSR count). The van der Waals surface area contributed by atoms with Crippen molar-refractivity contribution < 1.29 is 9.18 Å². The Kier molecular flexibility index (Phi) is 3.54. The Morgan fingerprint density at radius 1 is 1.04 bits per heavy atom. The van der Waals surface area contributed by atoms with Crippen molar-refractivity contribution in [3.63, 3.8) is 0 Å². The van der Waals surface area contributed by atoms with Crippen molar-refractivity contribution in [2.24, 2.45) is 0 Å².